The van der Waals surface area contributed by atoms with E-state index in [-0.39, 0.29) is 12.2 Å². The Morgan fingerprint density at radius 2 is 1.93 bits per heavy atom. The third kappa shape index (κ3) is 3.70. The highest BCUT2D eigenvalue weighted by Crippen LogP contribution is 2.14. The van der Waals surface area contributed by atoms with Gasteiger partial charge in [0.25, 0.3) is 0 Å². The summed E-state index contributed by atoms with van der Waals surface area (Å²) >= 11 is 0. The first kappa shape index (κ1) is 17.7. The molecule has 28 heavy (non-hydrogen) atoms. The molecule has 0 N–H and O–H groups in total. The van der Waals surface area contributed by atoms with Crippen LogP contribution in [0, 0.1) is 25.7 Å². The van der Waals surface area contributed by atoms with E-state index in [9.17, 15) is 4.79 Å². The predicted octanol–water partition coefficient (Wildman–Crippen LogP) is 4.17. The first-order valence-corrected chi connectivity index (χ1v) is 9.09. The fourth-order valence-corrected chi connectivity index (χ4v) is 3.05. The van der Waals surface area contributed by atoms with Crippen LogP contribution in [0.1, 0.15) is 38.4 Å². The van der Waals surface area contributed by atoms with Crippen LogP contribution in [-0.4, -0.2) is 20.2 Å². The molecule has 0 radical (unpaired) electrons. The van der Waals surface area contributed by atoms with Crippen LogP contribution in [0.15, 0.2) is 67.1 Å². The van der Waals surface area contributed by atoms with Crippen LogP contribution in [-0.2, 0) is 6.42 Å². The number of aromatic nitrogens is 3. The first-order valence-electron chi connectivity index (χ1n) is 9.09. The summed E-state index contributed by atoms with van der Waals surface area (Å²) in [4.78, 5) is 21.3. The van der Waals surface area contributed by atoms with Gasteiger partial charge in [0.15, 0.2) is 5.78 Å². The van der Waals surface area contributed by atoms with Gasteiger partial charge in [-0.3, -0.25) is 14.2 Å². The van der Waals surface area contributed by atoms with Crippen molar-refractivity contribution in [2.75, 3.05) is 0 Å². The molecule has 3 heterocycles. The molecule has 4 nitrogen and oxygen atoms in total. The molecule has 4 heteroatoms. The zero-order valence-electron chi connectivity index (χ0n) is 15.8. The highest BCUT2D eigenvalue weighted by molar-refractivity contribution is 5.97. The van der Waals surface area contributed by atoms with Crippen LogP contribution < -0.4 is 0 Å². The van der Waals surface area contributed by atoms with E-state index >= 15 is 0 Å². The Morgan fingerprint density at radius 1 is 1.04 bits per heavy atom. The quantitative estimate of drug-likeness (QED) is 0.404. The van der Waals surface area contributed by atoms with E-state index in [0.29, 0.717) is 5.56 Å². The third-order valence-electron chi connectivity index (χ3n) is 4.62. The number of carbonyl (C=O) groups excluding carboxylic acids is 1. The number of hydrogen-bond acceptors (Lipinski definition) is 3. The van der Waals surface area contributed by atoms with Crippen LogP contribution >= 0.6 is 0 Å². The Morgan fingerprint density at radius 3 is 2.79 bits per heavy atom. The highest BCUT2D eigenvalue weighted by Gasteiger charge is 2.10. The fraction of sp³-hybridized carbons (Fsp3) is 0.125. The van der Waals surface area contributed by atoms with Gasteiger partial charge in [-0.25, -0.2) is 4.98 Å². The van der Waals surface area contributed by atoms with Crippen LogP contribution in [0.2, 0.25) is 0 Å². The summed E-state index contributed by atoms with van der Waals surface area (Å²) in [5.74, 6) is 6.41. The molecule has 3 aromatic heterocycles. The lowest BCUT2D eigenvalue weighted by molar-refractivity contribution is 0.0992. The average molecular weight is 365 g/mol. The summed E-state index contributed by atoms with van der Waals surface area (Å²) < 4.78 is 1.95. The Hall–Kier alpha value is -3.71. The number of rotatable bonds is 3. The number of aryl methyl sites for hydroxylation is 2. The molecule has 0 atom stereocenters. The van der Waals surface area contributed by atoms with E-state index < -0.39 is 0 Å². The second-order valence-electron chi connectivity index (χ2n) is 6.78. The number of carbonyl (C=O) groups is 1. The maximum atomic E-state index is 12.7. The predicted molar refractivity (Wildman–Crippen MR) is 109 cm³/mol. The molecule has 0 fully saturated rings. The minimum Gasteiger partial charge on any atom is -0.294 e. The molecule has 0 unspecified atom stereocenters. The molecule has 1 aromatic carbocycles. The maximum Gasteiger partial charge on any atom is 0.168 e. The monoisotopic (exact) mass is 365 g/mol. The van der Waals surface area contributed by atoms with Crippen LogP contribution in [0.4, 0.5) is 0 Å². The van der Waals surface area contributed by atoms with E-state index in [1.807, 2.05) is 73.0 Å². The van der Waals surface area contributed by atoms with Crippen LogP contribution in [0.25, 0.3) is 5.65 Å². The molecule has 0 aliphatic carbocycles. The maximum absolute atomic E-state index is 12.7. The molecule has 0 amide bonds. The smallest absolute Gasteiger partial charge is 0.168 e. The summed E-state index contributed by atoms with van der Waals surface area (Å²) in [7, 11) is 0. The van der Waals surface area contributed by atoms with Crippen molar-refractivity contribution in [3.63, 3.8) is 0 Å². The van der Waals surface area contributed by atoms with E-state index in [1.54, 1.807) is 12.4 Å². The summed E-state index contributed by atoms with van der Waals surface area (Å²) in [6, 6.07) is 15.4. The highest BCUT2D eigenvalue weighted by atomic mass is 16.1. The summed E-state index contributed by atoms with van der Waals surface area (Å²) in [5.41, 5.74) is 6.08. The number of nitrogens with zero attached hydrogens (tertiary/aromatic N) is 3. The standard InChI is InChI=1S/C24H19N3O/c1-17-10-11-25-21(13-17)15-23(28)20-7-6-18(2)19(14-20)8-9-22-16-26-24-5-3-4-12-27(22)24/h3-7,10-14,16H,15H2,1-2H3. The molecule has 0 aliphatic heterocycles. The van der Waals surface area contributed by atoms with Crippen LogP contribution in [0.5, 0.6) is 0 Å². The molecule has 0 saturated heterocycles. The van der Waals surface area contributed by atoms with Crippen molar-refractivity contribution in [3.8, 4) is 11.8 Å². The molecule has 0 saturated carbocycles. The Kier molecular flexibility index (Phi) is 4.74. The van der Waals surface area contributed by atoms with Crippen molar-refractivity contribution in [3.05, 3.63) is 101 Å². The second kappa shape index (κ2) is 7.50. The van der Waals surface area contributed by atoms with Crippen molar-refractivity contribution in [2.45, 2.75) is 20.3 Å². The molecular weight excluding hydrogens is 346 g/mol. The number of Topliss-reactive ketones (excluding diaryl/α,β-unsaturated/α-hetero) is 1. The Labute approximate surface area is 163 Å². The molecule has 4 aromatic rings. The fourth-order valence-electron chi connectivity index (χ4n) is 3.05. The second-order valence-corrected chi connectivity index (χ2v) is 6.78. The molecule has 0 spiro atoms. The minimum absolute atomic E-state index is 0.0379. The van der Waals surface area contributed by atoms with Gasteiger partial charge in [0.2, 0.25) is 0 Å². The van der Waals surface area contributed by atoms with E-state index in [2.05, 4.69) is 21.8 Å². The number of imidazole rings is 1. The number of benzene rings is 1. The van der Waals surface area contributed by atoms with Gasteiger partial charge in [-0.1, -0.05) is 24.1 Å². The number of ketones is 1. The van der Waals surface area contributed by atoms with Gasteiger partial charge in [0.1, 0.15) is 11.3 Å². The number of hydrogen-bond donors (Lipinski definition) is 0. The first-order chi connectivity index (χ1) is 13.6. The zero-order chi connectivity index (χ0) is 19.5. The van der Waals surface area contributed by atoms with Crippen molar-refractivity contribution >= 4 is 11.4 Å². The van der Waals surface area contributed by atoms with Crippen LogP contribution in [0.3, 0.4) is 0 Å². The average Bonchev–Trinajstić information content (AvgIpc) is 3.10. The van der Waals surface area contributed by atoms with Gasteiger partial charge in [0.05, 0.1) is 12.6 Å². The normalized spacial score (nSPS) is 10.5. The third-order valence-corrected chi connectivity index (χ3v) is 4.62. The topological polar surface area (TPSA) is 47.3 Å². The minimum atomic E-state index is 0.0379. The lowest BCUT2D eigenvalue weighted by Crippen LogP contribution is -2.06. The summed E-state index contributed by atoms with van der Waals surface area (Å²) in [6.07, 6.45) is 5.72. The lowest BCUT2D eigenvalue weighted by Gasteiger charge is -2.05. The summed E-state index contributed by atoms with van der Waals surface area (Å²) in [6.45, 7) is 3.99. The van der Waals surface area contributed by atoms with Gasteiger partial charge in [0, 0.05) is 29.2 Å². The van der Waals surface area contributed by atoms with Gasteiger partial charge >= 0.3 is 0 Å². The Bertz CT molecular complexity index is 1240. The van der Waals surface area contributed by atoms with E-state index in [1.165, 1.54) is 0 Å². The van der Waals surface area contributed by atoms with Gasteiger partial charge in [-0.05, 0) is 61.2 Å². The molecule has 0 aliphatic rings. The van der Waals surface area contributed by atoms with Crippen molar-refractivity contribution in [2.24, 2.45) is 0 Å². The number of pyridine rings is 2. The Balaban J connectivity index is 1.62. The van der Waals surface area contributed by atoms with Crippen molar-refractivity contribution in [1.82, 2.24) is 14.4 Å². The van der Waals surface area contributed by atoms with Gasteiger partial charge < -0.3 is 0 Å². The molecule has 4 rings (SSSR count). The number of fused-ring (bicyclic) bond motifs is 1. The SMILES string of the molecule is Cc1ccnc(CC(=O)c2ccc(C)c(C#Cc3cnc4ccccn34)c2)c1. The zero-order valence-corrected chi connectivity index (χ0v) is 15.8. The van der Waals surface area contributed by atoms with E-state index in [0.717, 1.165) is 33.7 Å². The lowest BCUT2D eigenvalue weighted by atomic mass is 10.00. The molecule has 0 bridgehead atoms. The van der Waals surface area contributed by atoms with Crippen molar-refractivity contribution in [1.29, 1.82) is 0 Å². The van der Waals surface area contributed by atoms with Gasteiger partial charge in [-0.2, -0.15) is 0 Å². The van der Waals surface area contributed by atoms with E-state index in [4.69, 9.17) is 0 Å². The largest absolute Gasteiger partial charge is 0.294 e. The summed E-state index contributed by atoms with van der Waals surface area (Å²) in [5, 5.41) is 0. The van der Waals surface area contributed by atoms with Crippen molar-refractivity contribution < 1.29 is 4.79 Å². The molecule has 136 valence electrons. The molecular formula is C24H19N3O. The van der Waals surface area contributed by atoms with Gasteiger partial charge in [-0.15, -0.1) is 0 Å².